The van der Waals surface area contributed by atoms with Crippen molar-refractivity contribution >= 4 is 5.91 Å². The van der Waals surface area contributed by atoms with E-state index < -0.39 is 0 Å². The summed E-state index contributed by atoms with van der Waals surface area (Å²) in [7, 11) is 3.25. The molecule has 0 unspecified atom stereocenters. The van der Waals surface area contributed by atoms with Crippen LogP contribution in [0, 0.1) is 0 Å². The summed E-state index contributed by atoms with van der Waals surface area (Å²) in [4.78, 5) is 12.6. The highest BCUT2D eigenvalue weighted by molar-refractivity contribution is 5.87. The molecule has 3 heteroatoms. The third-order valence-corrected chi connectivity index (χ3v) is 1.59. The average Bonchev–Trinajstić information content (AvgIpc) is 2.74. The lowest BCUT2D eigenvalue weighted by Gasteiger charge is -2.10. The van der Waals surface area contributed by atoms with E-state index >= 15 is 0 Å². The smallest absolute Gasteiger partial charge is 0.245 e. The van der Waals surface area contributed by atoms with Gasteiger partial charge >= 0.3 is 0 Å². The van der Waals surface area contributed by atoms with Crippen LogP contribution >= 0.6 is 0 Å². The fourth-order valence-electron chi connectivity index (χ4n) is 1.07. The Morgan fingerprint density at radius 2 is 1.64 bits per heavy atom. The monoisotopic (exact) mass is 201 g/mol. The van der Waals surface area contributed by atoms with Crippen molar-refractivity contribution in [2.24, 2.45) is 0 Å². The van der Waals surface area contributed by atoms with Crippen LogP contribution in [-0.2, 0) is 9.53 Å². The third kappa shape index (κ3) is 7.80. The van der Waals surface area contributed by atoms with Crippen LogP contribution in [0.5, 0.6) is 0 Å². The molecule has 0 aromatic rings. The molecule has 1 aliphatic rings. The number of likely N-dealkylation sites (tertiary alicyclic amines) is 1. The van der Waals surface area contributed by atoms with Gasteiger partial charge in [0.05, 0.1) is 0 Å². The SMILES string of the molecule is C=CC(=O)N1CCCC1.CC.COC. The van der Waals surface area contributed by atoms with Crippen LogP contribution in [0.2, 0.25) is 0 Å². The van der Waals surface area contributed by atoms with E-state index in [-0.39, 0.29) is 5.91 Å². The Morgan fingerprint density at radius 1 is 1.29 bits per heavy atom. The molecule has 1 heterocycles. The fraction of sp³-hybridized carbons (Fsp3) is 0.727. The molecule has 0 N–H and O–H groups in total. The molecule has 0 aromatic carbocycles. The number of carbonyl (C=O) groups excluding carboxylic acids is 1. The fourth-order valence-corrected chi connectivity index (χ4v) is 1.07. The number of ether oxygens (including phenoxy) is 1. The van der Waals surface area contributed by atoms with E-state index in [4.69, 9.17) is 0 Å². The number of methoxy groups -OCH3 is 1. The van der Waals surface area contributed by atoms with Gasteiger partial charge in [0.1, 0.15) is 0 Å². The molecule has 14 heavy (non-hydrogen) atoms. The molecule has 0 atom stereocenters. The second kappa shape index (κ2) is 12.2. The highest BCUT2D eigenvalue weighted by atomic mass is 16.4. The summed E-state index contributed by atoms with van der Waals surface area (Å²) >= 11 is 0. The number of hydrogen-bond acceptors (Lipinski definition) is 2. The minimum atomic E-state index is 0.0764. The Bertz CT molecular complexity index is 140. The Kier molecular flexibility index (Phi) is 13.6. The first-order valence-electron chi connectivity index (χ1n) is 5.07. The van der Waals surface area contributed by atoms with E-state index in [1.165, 1.54) is 6.08 Å². The average molecular weight is 201 g/mol. The number of amides is 1. The van der Waals surface area contributed by atoms with Gasteiger partial charge in [0.25, 0.3) is 0 Å². The van der Waals surface area contributed by atoms with Gasteiger partial charge in [0.15, 0.2) is 0 Å². The summed E-state index contributed by atoms with van der Waals surface area (Å²) in [5.74, 6) is 0.0764. The molecule has 0 bridgehead atoms. The van der Waals surface area contributed by atoms with Crippen molar-refractivity contribution in [2.75, 3.05) is 27.3 Å². The zero-order valence-corrected chi connectivity index (χ0v) is 9.88. The second-order valence-electron chi connectivity index (χ2n) is 2.64. The van der Waals surface area contributed by atoms with Crippen LogP contribution in [0.3, 0.4) is 0 Å². The van der Waals surface area contributed by atoms with Gasteiger partial charge in [0, 0.05) is 27.3 Å². The van der Waals surface area contributed by atoms with Gasteiger partial charge in [-0.2, -0.15) is 0 Å². The number of carbonyl (C=O) groups is 1. The van der Waals surface area contributed by atoms with Crippen LogP contribution in [0.15, 0.2) is 12.7 Å². The molecule has 1 aliphatic heterocycles. The summed E-state index contributed by atoms with van der Waals surface area (Å²) in [6, 6.07) is 0. The molecule has 3 nitrogen and oxygen atoms in total. The zero-order valence-electron chi connectivity index (χ0n) is 9.88. The summed E-state index contributed by atoms with van der Waals surface area (Å²) < 4.78 is 4.25. The molecule has 84 valence electrons. The van der Waals surface area contributed by atoms with Gasteiger partial charge in [-0.25, -0.2) is 0 Å². The molecule has 1 rings (SSSR count). The Balaban J connectivity index is 0. The summed E-state index contributed by atoms with van der Waals surface area (Å²) in [6.45, 7) is 9.26. The van der Waals surface area contributed by atoms with Gasteiger partial charge in [-0.15, -0.1) is 0 Å². The molecular formula is C11H23NO2. The van der Waals surface area contributed by atoms with E-state index in [9.17, 15) is 4.79 Å². The second-order valence-corrected chi connectivity index (χ2v) is 2.64. The van der Waals surface area contributed by atoms with Crippen molar-refractivity contribution < 1.29 is 9.53 Å². The first kappa shape index (κ1) is 15.6. The summed E-state index contributed by atoms with van der Waals surface area (Å²) in [5, 5.41) is 0. The standard InChI is InChI=1S/C7H11NO.C2H6O.C2H6/c1-2-7(9)8-5-3-4-6-8;1-3-2;1-2/h2H,1,3-6H2;1-2H3;1-2H3. The number of nitrogens with zero attached hydrogens (tertiary/aromatic N) is 1. The number of hydrogen-bond donors (Lipinski definition) is 0. The van der Waals surface area contributed by atoms with Crippen LogP contribution in [0.4, 0.5) is 0 Å². The normalized spacial score (nSPS) is 13.3. The van der Waals surface area contributed by atoms with Crippen molar-refractivity contribution in [1.82, 2.24) is 4.90 Å². The highest BCUT2D eigenvalue weighted by Gasteiger charge is 2.13. The van der Waals surface area contributed by atoms with Gasteiger partial charge < -0.3 is 9.64 Å². The molecule has 0 saturated carbocycles. The Morgan fingerprint density at radius 3 is 1.93 bits per heavy atom. The largest absolute Gasteiger partial charge is 0.388 e. The molecule has 1 saturated heterocycles. The zero-order chi connectivity index (χ0) is 11.4. The highest BCUT2D eigenvalue weighted by Crippen LogP contribution is 2.06. The van der Waals surface area contributed by atoms with Crippen LogP contribution in [0.1, 0.15) is 26.7 Å². The minimum absolute atomic E-state index is 0.0764. The molecule has 1 amide bonds. The predicted molar refractivity (Wildman–Crippen MR) is 60.3 cm³/mol. The van der Waals surface area contributed by atoms with E-state index in [0.29, 0.717) is 0 Å². The van der Waals surface area contributed by atoms with Crippen molar-refractivity contribution in [3.8, 4) is 0 Å². The summed E-state index contributed by atoms with van der Waals surface area (Å²) in [5.41, 5.74) is 0. The number of rotatable bonds is 1. The lowest BCUT2D eigenvalue weighted by atomic mass is 10.4. The van der Waals surface area contributed by atoms with Gasteiger partial charge in [-0.3, -0.25) is 4.79 Å². The van der Waals surface area contributed by atoms with E-state index in [1.807, 2.05) is 18.7 Å². The first-order valence-corrected chi connectivity index (χ1v) is 5.07. The lowest BCUT2D eigenvalue weighted by molar-refractivity contribution is -0.124. The van der Waals surface area contributed by atoms with Gasteiger partial charge in [0.2, 0.25) is 5.91 Å². The van der Waals surface area contributed by atoms with Crippen molar-refractivity contribution in [1.29, 1.82) is 0 Å². The van der Waals surface area contributed by atoms with Crippen LogP contribution < -0.4 is 0 Å². The summed E-state index contributed by atoms with van der Waals surface area (Å²) in [6.07, 6.45) is 3.68. The van der Waals surface area contributed by atoms with Crippen LogP contribution in [0.25, 0.3) is 0 Å². The van der Waals surface area contributed by atoms with E-state index in [2.05, 4.69) is 11.3 Å². The topological polar surface area (TPSA) is 29.5 Å². The van der Waals surface area contributed by atoms with Crippen molar-refractivity contribution in [3.63, 3.8) is 0 Å². The van der Waals surface area contributed by atoms with E-state index in [1.54, 1.807) is 14.2 Å². The maximum Gasteiger partial charge on any atom is 0.245 e. The van der Waals surface area contributed by atoms with Gasteiger partial charge in [-0.1, -0.05) is 20.4 Å². The molecule has 1 fully saturated rings. The van der Waals surface area contributed by atoms with Crippen molar-refractivity contribution in [2.45, 2.75) is 26.7 Å². The van der Waals surface area contributed by atoms with Gasteiger partial charge in [-0.05, 0) is 18.9 Å². The minimum Gasteiger partial charge on any atom is -0.388 e. The molecular weight excluding hydrogens is 178 g/mol. The predicted octanol–water partition coefficient (Wildman–Crippen LogP) is 2.08. The maximum atomic E-state index is 10.8. The third-order valence-electron chi connectivity index (χ3n) is 1.59. The Hall–Kier alpha value is -0.830. The quantitative estimate of drug-likeness (QED) is 0.608. The molecule has 0 spiro atoms. The van der Waals surface area contributed by atoms with Crippen molar-refractivity contribution in [3.05, 3.63) is 12.7 Å². The molecule has 0 aliphatic carbocycles. The van der Waals surface area contributed by atoms with E-state index in [0.717, 1.165) is 25.9 Å². The maximum absolute atomic E-state index is 10.8. The lowest BCUT2D eigenvalue weighted by Crippen LogP contribution is -2.25. The molecule has 0 aromatic heterocycles. The first-order chi connectivity index (χ1) is 6.76. The Labute approximate surface area is 87.7 Å². The van der Waals surface area contributed by atoms with Crippen LogP contribution in [-0.4, -0.2) is 38.1 Å². The molecule has 0 radical (unpaired) electrons.